The number of rotatable bonds is 8. The predicted molar refractivity (Wildman–Crippen MR) is 123 cm³/mol. The number of thioether (sulfide) groups is 1. The molecule has 0 aromatic carbocycles. The van der Waals surface area contributed by atoms with Crippen LogP contribution in [-0.2, 0) is 9.53 Å². The van der Waals surface area contributed by atoms with E-state index in [2.05, 4.69) is 31.1 Å². The fourth-order valence-electron chi connectivity index (χ4n) is 2.84. The molecule has 2 atom stereocenters. The lowest BCUT2D eigenvalue weighted by atomic mass is 10.00. The Hall–Kier alpha value is -2.16. The molecule has 1 fully saturated rings. The summed E-state index contributed by atoms with van der Waals surface area (Å²) >= 11 is 1.28. The van der Waals surface area contributed by atoms with Crippen molar-refractivity contribution in [2.45, 2.75) is 58.9 Å². The molecule has 1 heterocycles. The highest BCUT2D eigenvalue weighted by molar-refractivity contribution is 8.14. The summed E-state index contributed by atoms with van der Waals surface area (Å²) in [5.74, 6) is 0.0883. The lowest BCUT2D eigenvalue weighted by molar-refractivity contribution is -0.131. The number of amidine groups is 1. The maximum atomic E-state index is 12.5. The zero-order valence-electron chi connectivity index (χ0n) is 19.1. The third-order valence-corrected chi connectivity index (χ3v) is 5.45. The highest BCUT2D eigenvalue weighted by atomic mass is 32.2. The molecule has 0 bridgehead atoms. The monoisotopic (exact) mass is 439 g/mol. The first-order valence-electron chi connectivity index (χ1n) is 10.3. The second-order valence-electron chi connectivity index (χ2n) is 8.27. The number of hydrogen-bond donors (Lipinski definition) is 3. The Labute approximate surface area is 185 Å². The summed E-state index contributed by atoms with van der Waals surface area (Å²) in [6.07, 6.45) is 4.12. The Balaban J connectivity index is 2.56. The first-order chi connectivity index (χ1) is 14.0. The lowest BCUT2D eigenvalue weighted by Gasteiger charge is -2.35. The summed E-state index contributed by atoms with van der Waals surface area (Å²) in [7, 11) is 0. The number of nitrogens with one attached hydrogen (secondary N) is 3. The van der Waals surface area contributed by atoms with E-state index in [1.165, 1.54) is 27.1 Å². The van der Waals surface area contributed by atoms with Crippen molar-refractivity contribution in [2.24, 2.45) is 5.92 Å². The molecule has 0 spiro atoms. The fourth-order valence-corrected chi connectivity index (χ4v) is 3.64. The van der Waals surface area contributed by atoms with Crippen molar-refractivity contribution < 1.29 is 14.3 Å². The van der Waals surface area contributed by atoms with Crippen molar-refractivity contribution in [1.29, 1.82) is 5.41 Å². The molecule has 1 aliphatic rings. The van der Waals surface area contributed by atoms with Gasteiger partial charge in [0.2, 0.25) is 5.91 Å². The molecule has 0 saturated carbocycles. The normalized spacial score (nSPS) is 17.3. The van der Waals surface area contributed by atoms with Crippen molar-refractivity contribution >= 4 is 28.9 Å². The number of ether oxygens (including phenoxy) is 1. The summed E-state index contributed by atoms with van der Waals surface area (Å²) in [6.45, 7) is 16.6. The highest BCUT2D eigenvalue weighted by Gasteiger charge is 2.32. The van der Waals surface area contributed by atoms with Gasteiger partial charge in [0.1, 0.15) is 12.1 Å². The van der Waals surface area contributed by atoms with E-state index >= 15 is 0 Å². The summed E-state index contributed by atoms with van der Waals surface area (Å²) in [4.78, 5) is 27.4. The molecule has 1 rings (SSSR count). The van der Waals surface area contributed by atoms with E-state index in [1.54, 1.807) is 27.0 Å². The number of carbonyl (C=O) groups excluding carboxylic acids is 2. The van der Waals surface area contributed by atoms with Crippen LogP contribution < -0.4 is 10.6 Å². The van der Waals surface area contributed by atoms with Gasteiger partial charge in [0, 0.05) is 19.6 Å². The Morgan fingerprint density at radius 2 is 2.03 bits per heavy atom. The van der Waals surface area contributed by atoms with Gasteiger partial charge in [-0.3, -0.25) is 20.0 Å². The van der Waals surface area contributed by atoms with Gasteiger partial charge in [-0.2, -0.15) is 0 Å². The summed E-state index contributed by atoms with van der Waals surface area (Å²) < 4.78 is 5.33. The topological polar surface area (TPSA) is 97.8 Å². The average molecular weight is 440 g/mol. The van der Waals surface area contributed by atoms with Gasteiger partial charge in [-0.05, 0) is 52.4 Å². The zero-order chi connectivity index (χ0) is 22.9. The van der Waals surface area contributed by atoms with E-state index in [-0.39, 0.29) is 29.5 Å². The molecule has 9 heteroatoms. The van der Waals surface area contributed by atoms with Gasteiger partial charge in [0.15, 0.2) is 5.17 Å². The van der Waals surface area contributed by atoms with Crippen molar-refractivity contribution in [3.63, 3.8) is 0 Å². The van der Waals surface area contributed by atoms with Crippen LogP contribution in [0.1, 0.15) is 48.0 Å². The van der Waals surface area contributed by atoms with Gasteiger partial charge in [-0.25, -0.2) is 4.79 Å². The molecule has 170 valence electrons. The molecule has 3 N–H and O–H groups in total. The van der Waals surface area contributed by atoms with Gasteiger partial charge in [0.05, 0.1) is 5.37 Å². The van der Waals surface area contributed by atoms with Gasteiger partial charge < -0.3 is 15.4 Å². The molecule has 0 aromatic heterocycles. The van der Waals surface area contributed by atoms with Crippen LogP contribution in [-0.4, -0.2) is 64.1 Å². The molecule has 8 nitrogen and oxygen atoms in total. The lowest BCUT2D eigenvalue weighted by Crippen LogP contribution is -2.54. The number of piperazine rings is 1. The minimum atomic E-state index is -0.606. The SMILES string of the molecule is C=CNCC(C)/C(=C\NC(C)SC(=N)N1CCN(C(=O)OC(C)(C)C)CC1=O)CC. The molecule has 2 amide bonds. The number of amides is 2. The Bertz CT molecular complexity index is 660. The van der Waals surface area contributed by atoms with Gasteiger partial charge in [-0.15, -0.1) is 0 Å². The van der Waals surface area contributed by atoms with Crippen molar-refractivity contribution in [3.05, 3.63) is 24.6 Å². The predicted octanol–water partition coefficient (Wildman–Crippen LogP) is 3.33. The summed E-state index contributed by atoms with van der Waals surface area (Å²) in [5, 5.41) is 14.9. The standard InChI is InChI=1S/C21H37N5O3S/c1-8-17(15(3)12-23-9-2)13-24-16(4)30-19(22)26-11-10-25(14-18(26)27)20(28)29-21(5,6)7/h9,13,15-16,22-24H,2,8,10-12,14H2,1,3-7H3/b17-13-,22-19?. The first-order valence-corrected chi connectivity index (χ1v) is 11.2. The van der Waals surface area contributed by atoms with E-state index in [4.69, 9.17) is 10.1 Å². The fraction of sp³-hybridized carbons (Fsp3) is 0.667. The van der Waals surface area contributed by atoms with Gasteiger partial charge in [0.25, 0.3) is 0 Å². The van der Waals surface area contributed by atoms with Crippen molar-refractivity contribution in [1.82, 2.24) is 20.4 Å². The van der Waals surface area contributed by atoms with E-state index in [0.717, 1.165) is 13.0 Å². The molecule has 0 aromatic rings. The van der Waals surface area contributed by atoms with Crippen LogP contribution >= 0.6 is 11.8 Å². The largest absolute Gasteiger partial charge is 0.444 e. The minimum absolute atomic E-state index is 0.0738. The maximum Gasteiger partial charge on any atom is 0.410 e. The number of carbonyl (C=O) groups is 2. The van der Waals surface area contributed by atoms with Crippen LogP contribution in [0.4, 0.5) is 4.79 Å². The maximum absolute atomic E-state index is 12.5. The van der Waals surface area contributed by atoms with E-state index in [0.29, 0.717) is 12.5 Å². The molecule has 1 saturated heterocycles. The molecule has 30 heavy (non-hydrogen) atoms. The third-order valence-electron chi connectivity index (χ3n) is 4.52. The number of hydrogen-bond acceptors (Lipinski definition) is 7. The quantitative estimate of drug-likeness (QED) is 0.305. The minimum Gasteiger partial charge on any atom is -0.444 e. The highest BCUT2D eigenvalue weighted by Crippen LogP contribution is 2.19. The molecular weight excluding hydrogens is 402 g/mol. The molecular formula is C21H37N5O3S. The van der Waals surface area contributed by atoms with Crippen LogP contribution in [0.2, 0.25) is 0 Å². The molecule has 1 aliphatic heterocycles. The van der Waals surface area contributed by atoms with Crippen LogP contribution in [0.25, 0.3) is 0 Å². The Morgan fingerprint density at radius 1 is 1.37 bits per heavy atom. The second kappa shape index (κ2) is 11.9. The van der Waals surface area contributed by atoms with Crippen LogP contribution in [0, 0.1) is 11.3 Å². The van der Waals surface area contributed by atoms with E-state index < -0.39 is 11.7 Å². The molecule has 0 aliphatic carbocycles. The van der Waals surface area contributed by atoms with E-state index in [1.807, 2.05) is 13.1 Å². The first kappa shape index (κ1) is 25.9. The van der Waals surface area contributed by atoms with Crippen molar-refractivity contribution in [2.75, 3.05) is 26.2 Å². The van der Waals surface area contributed by atoms with Gasteiger partial charge >= 0.3 is 6.09 Å². The van der Waals surface area contributed by atoms with E-state index in [9.17, 15) is 9.59 Å². The van der Waals surface area contributed by atoms with Crippen molar-refractivity contribution in [3.8, 4) is 0 Å². The second-order valence-corrected chi connectivity index (χ2v) is 9.59. The van der Waals surface area contributed by atoms with Crippen LogP contribution in [0.5, 0.6) is 0 Å². The van der Waals surface area contributed by atoms with Gasteiger partial charge in [-0.1, -0.05) is 37.8 Å². The molecule has 0 radical (unpaired) electrons. The Morgan fingerprint density at radius 3 is 2.57 bits per heavy atom. The van der Waals surface area contributed by atoms with Crippen LogP contribution in [0.15, 0.2) is 24.6 Å². The summed E-state index contributed by atoms with van der Waals surface area (Å²) in [5.41, 5.74) is 0.663. The number of nitrogens with zero attached hydrogens (tertiary/aromatic N) is 2. The molecule has 2 unspecified atom stereocenters. The summed E-state index contributed by atoms with van der Waals surface area (Å²) in [6, 6.07) is 0. The van der Waals surface area contributed by atoms with Crippen LogP contribution in [0.3, 0.4) is 0 Å². The smallest absolute Gasteiger partial charge is 0.410 e. The zero-order valence-corrected chi connectivity index (χ0v) is 19.9. The Kier molecular flexibility index (Phi) is 10.2. The third kappa shape index (κ3) is 8.69. The average Bonchev–Trinajstić information content (AvgIpc) is 2.65.